The molecule has 0 radical (unpaired) electrons. The van der Waals surface area contributed by atoms with Gasteiger partial charge in [0.1, 0.15) is 11.0 Å². The first-order valence-corrected chi connectivity index (χ1v) is 6.66. The second-order valence-electron chi connectivity index (χ2n) is 4.11. The van der Waals surface area contributed by atoms with E-state index in [9.17, 15) is 0 Å². The number of hydrogen-bond acceptors (Lipinski definition) is 3. The van der Waals surface area contributed by atoms with Gasteiger partial charge in [0.15, 0.2) is 0 Å². The molecule has 0 aliphatic rings. The molecular formula is C12H23ClN4. The molecule has 1 aromatic rings. The van der Waals surface area contributed by atoms with Gasteiger partial charge in [-0.3, -0.25) is 0 Å². The van der Waals surface area contributed by atoms with Crippen LogP contribution in [0.3, 0.4) is 0 Å². The molecule has 0 aliphatic carbocycles. The van der Waals surface area contributed by atoms with Gasteiger partial charge in [0.25, 0.3) is 0 Å². The van der Waals surface area contributed by atoms with E-state index in [2.05, 4.69) is 29.0 Å². The van der Waals surface area contributed by atoms with E-state index in [4.69, 9.17) is 11.6 Å². The van der Waals surface area contributed by atoms with Gasteiger partial charge in [-0.2, -0.15) is 0 Å². The number of rotatable bonds is 8. The minimum absolute atomic E-state index is 0.685. The number of nitrogens with zero attached hydrogens (tertiary/aromatic N) is 3. The van der Waals surface area contributed by atoms with E-state index in [1.165, 1.54) is 6.42 Å². The van der Waals surface area contributed by atoms with Gasteiger partial charge in [0, 0.05) is 7.05 Å². The van der Waals surface area contributed by atoms with Gasteiger partial charge >= 0.3 is 0 Å². The lowest BCUT2D eigenvalue weighted by Gasteiger charge is -2.17. The predicted octanol–water partition coefficient (Wildman–Crippen LogP) is 1.89. The quantitative estimate of drug-likeness (QED) is 0.723. The summed E-state index contributed by atoms with van der Waals surface area (Å²) in [5.41, 5.74) is 0. The second kappa shape index (κ2) is 7.69. The van der Waals surface area contributed by atoms with Crippen LogP contribution in [0, 0.1) is 0 Å². The zero-order chi connectivity index (χ0) is 12.7. The molecule has 0 aromatic carbocycles. The minimum atomic E-state index is 0.685. The molecule has 0 aliphatic heterocycles. The first kappa shape index (κ1) is 14.5. The maximum Gasteiger partial charge on any atom is 0.128 e. The van der Waals surface area contributed by atoms with Crippen LogP contribution in [0.5, 0.6) is 0 Å². The van der Waals surface area contributed by atoms with Crippen molar-refractivity contribution < 1.29 is 0 Å². The van der Waals surface area contributed by atoms with Crippen molar-refractivity contribution in [1.82, 2.24) is 19.8 Å². The SMILES string of the molecule is CCN(CC)CCCNCc1ncc(Cl)n1C. The highest BCUT2D eigenvalue weighted by atomic mass is 35.5. The van der Waals surface area contributed by atoms with Crippen molar-refractivity contribution in [3.05, 3.63) is 17.2 Å². The summed E-state index contributed by atoms with van der Waals surface area (Å²) in [6, 6.07) is 0. The van der Waals surface area contributed by atoms with Crippen molar-refractivity contribution >= 4 is 11.6 Å². The average molecular weight is 259 g/mol. The largest absolute Gasteiger partial charge is 0.321 e. The van der Waals surface area contributed by atoms with Crippen LogP contribution < -0.4 is 5.32 Å². The molecule has 1 N–H and O–H groups in total. The summed E-state index contributed by atoms with van der Waals surface area (Å²) in [5.74, 6) is 0.984. The van der Waals surface area contributed by atoms with Gasteiger partial charge in [-0.1, -0.05) is 25.4 Å². The van der Waals surface area contributed by atoms with Gasteiger partial charge in [-0.15, -0.1) is 0 Å². The van der Waals surface area contributed by atoms with Crippen molar-refractivity contribution in [2.24, 2.45) is 7.05 Å². The minimum Gasteiger partial charge on any atom is -0.321 e. The maximum absolute atomic E-state index is 5.91. The first-order valence-electron chi connectivity index (χ1n) is 6.28. The molecule has 0 amide bonds. The predicted molar refractivity (Wildman–Crippen MR) is 72.3 cm³/mol. The molecule has 98 valence electrons. The van der Waals surface area contributed by atoms with Gasteiger partial charge in [-0.05, 0) is 32.6 Å². The Kier molecular flexibility index (Phi) is 6.55. The molecule has 0 spiro atoms. The van der Waals surface area contributed by atoms with Crippen LogP contribution in [0.25, 0.3) is 0 Å². The zero-order valence-corrected chi connectivity index (χ0v) is 11.8. The topological polar surface area (TPSA) is 33.1 Å². The van der Waals surface area contributed by atoms with E-state index in [0.717, 1.165) is 38.5 Å². The average Bonchev–Trinajstić information content (AvgIpc) is 2.65. The standard InChI is InChI=1S/C12H23ClN4/c1-4-17(5-2)8-6-7-14-10-12-15-9-11(13)16(12)3/h9,14H,4-8,10H2,1-3H3. The Morgan fingerprint density at radius 2 is 2.12 bits per heavy atom. The number of halogens is 1. The Labute approximate surface area is 109 Å². The maximum atomic E-state index is 5.91. The summed E-state index contributed by atoms with van der Waals surface area (Å²) in [6.45, 7) is 9.61. The van der Waals surface area contributed by atoms with Gasteiger partial charge in [-0.25, -0.2) is 4.98 Å². The van der Waals surface area contributed by atoms with E-state index < -0.39 is 0 Å². The molecular weight excluding hydrogens is 236 g/mol. The molecule has 0 fully saturated rings. The molecule has 0 saturated carbocycles. The highest BCUT2D eigenvalue weighted by Gasteiger charge is 2.03. The second-order valence-corrected chi connectivity index (χ2v) is 4.50. The molecule has 1 aromatic heterocycles. The molecule has 17 heavy (non-hydrogen) atoms. The van der Waals surface area contributed by atoms with Crippen molar-refractivity contribution in [2.45, 2.75) is 26.8 Å². The summed E-state index contributed by atoms with van der Waals surface area (Å²) in [5, 5.41) is 4.08. The fourth-order valence-corrected chi connectivity index (χ4v) is 1.90. The summed E-state index contributed by atoms with van der Waals surface area (Å²) >= 11 is 5.91. The smallest absolute Gasteiger partial charge is 0.128 e. The molecule has 0 bridgehead atoms. The molecule has 0 atom stereocenters. The number of aromatic nitrogens is 2. The van der Waals surface area contributed by atoms with Gasteiger partial charge in [0.05, 0.1) is 12.7 Å². The Hall–Kier alpha value is -0.580. The van der Waals surface area contributed by atoms with Gasteiger partial charge < -0.3 is 14.8 Å². The Morgan fingerprint density at radius 1 is 1.41 bits per heavy atom. The van der Waals surface area contributed by atoms with Crippen molar-refractivity contribution in [3.8, 4) is 0 Å². The van der Waals surface area contributed by atoms with Crippen LogP contribution in [-0.2, 0) is 13.6 Å². The summed E-state index contributed by atoms with van der Waals surface area (Å²) in [7, 11) is 1.93. The fraction of sp³-hybridized carbons (Fsp3) is 0.750. The van der Waals surface area contributed by atoms with Gasteiger partial charge in [0.2, 0.25) is 0 Å². The number of nitrogens with one attached hydrogen (secondary N) is 1. The summed E-state index contributed by atoms with van der Waals surface area (Å²) in [4.78, 5) is 6.67. The molecule has 1 heterocycles. The third-order valence-corrected chi connectivity index (χ3v) is 3.38. The summed E-state index contributed by atoms with van der Waals surface area (Å²) < 4.78 is 1.90. The molecule has 1 rings (SSSR count). The highest BCUT2D eigenvalue weighted by molar-refractivity contribution is 6.29. The van der Waals surface area contributed by atoms with Crippen LogP contribution in [0.4, 0.5) is 0 Å². The fourth-order valence-electron chi connectivity index (χ4n) is 1.76. The molecule has 5 heteroatoms. The van der Waals surface area contributed by atoms with E-state index in [1.807, 2.05) is 11.6 Å². The third kappa shape index (κ3) is 4.66. The van der Waals surface area contributed by atoms with E-state index in [1.54, 1.807) is 6.20 Å². The molecule has 4 nitrogen and oxygen atoms in total. The van der Waals surface area contributed by atoms with Crippen molar-refractivity contribution in [1.29, 1.82) is 0 Å². The lowest BCUT2D eigenvalue weighted by Crippen LogP contribution is -2.27. The van der Waals surface area contributed by atoms with Crippen LogP contribution in [0.15, 0.2) is 6.20 Å². The Bertz CT molecular complexity index is 320. The lowest BCUT2D eigenvalue weighted by molar-refractivity contribution is 0.297. The Morgan fingerprint density at radius 3 is 2.65 bits per heavy atom. The van der Waals surface area contributed by atoms with E-state index in [-0.39, 0.29) is 0 Å². The van der Waals surface area contributed by atoms with Crippen LogP contribution in [0.1, 0.15) is 26.1 Å². The normalized spacial score (nSPS) is 11.4. The lowest BCUT2D eigenvalue weighted by atomic mass is 10.3. The molecule has 0 unspecified atom stereocenters. The van der Waals surface area contributed by atoms with Crippen molar-refractivity contribution in [3.63, 3.8) is 0 Å². The van der Waals surface area contributed by atoms with Crippen LogP contribution >= 0.6 is 11.6 Å². The van der Waals surface area contributed by atoms with E-state index >= 15 is 0 Å². The van der Waals surface area contributed by atoms with E-state index in [0.29, 0.717) is 5.15 Å². The van der Waals surface area contributed by atoms with Crippen LogP contribution in [0.2, 0.25) is 5.15 Å². The summed E-state index contributed by atoms with van der Waals surface area (Å²) in [6.07, 6.45) is 2.86. The number of imidazole rings is 1. The highest BCUT2D eigenvalue weighted by Crippen LogP contribution is 2.08. The number of hydrogen-bond donors (Lipinski definition) is 1. The first-order chi connectivity index (χ1) is 8.19. The monoisotopic (exact) mass is 258 g/mol. The molecule has 0 saturated heterocycles. The Balaban J connectivity index is 2.14. The zero-order valence-electron chi connectivity index (χ0n) is 11.0. The van der Waals surface area contributed by atoms with Crippen molar-refractivity contribution in [2.75, 3.05) is 26.2 Å². The third-order valence-electron chi connectivity index (χ3n) is 3.03. The van der Waals surface area contributed by atoms with Crippen LogP contribution in [-0.4, -0.2) is 40.6 Å².